The number of carboxylic acid groups (broad SMARTS) is 1. The predicted octanol–water partition coefficient (Wildman–Crippen LogP) is 2.19. The second-order valence-electron chi connectivity index (χ2n) is 6.87. The van der Waals surface area contributed by atoms with Crippen LogP contribution in [0.4, 0.5) is 0 Å². The summed E-state index contributed by atoms with van der Waals surface area (Å²) in [6, 6.07) is 7.97. The van der Waals surface area contributed by atoms with Gasteiger partial charge in [0.25, 0.3) is 0 Å². The lowest BCUT2D eigenvalue weighted by Gasteiger charge is -2.43. The summed E-state index contributed by atoms with van der Waals surface area (Å²) in [6.07, 6.45) is 1.49. The van der Waals surface area contributed by atoms with Crippen LogP contribution < -0.4 is 5.32 Å². The first-order valence-electron chi connectivity index (χ1n) is 7.53. The highest BCUT2D eigenvalue weighted by Gasteiger charge is 2.47. The number of fused-ring (bicyclic) bond motifs is 1. The minimum atomic E-state index is -0.956. The third-order valence-electron chi connectivity index (χ3n) is 4.59. The molecule has 0 heterocycles. The lowest BCUT2D eigenvalue weighted by atomic mass is 9.65. The van der Waals surface area contributed by atoms with Gasteiger partial charge in [-0.2, -0.15) is 0 Å². The third kappa shape index (κ3) is 2.97. The lowest BCUT2D eigenvalue weighted by molar-refractivity contribution is -0.146. The van der Waals surface area contributed by atoms with Gasteiger partial charge >= 0.3 is 5.97 Å². The summed E-state index contributed by atoms with van der Waals surface area (Å²) >= 11 is 0. The van der Waals surface area contributed by atoms with E-state index in [1.165, 1.54) is 0 Å². The van der Waals surface area contributed by atoms with Gasteiger partial charge in [-0.1, -0.05) is 38.1 Å². The van der Waals surface area contributed by atoms with Crippen LogP contribution in [0.3, 0.4) is 0 Å². The molecule has 0 radical (unpaired) electrons. The lowest BCUT2D eigenvalue weighted by Crippen LogP contribution is -2.54. The molecule has 0 saturated carbocycles. The molecule has 0 bridgehead atoms. The van der Waals surface area contributed by atoms with Crippen LogP contribution in [-0.4, -0.2) is 43.2 Å². The number of nitrogens with zero attached hydrogens (tertiary/aromatic N) is 1. The Labute approximate surface area is 127 Å². The molecule has 0 amide bonds. The molecule has 116 valence electrons. The van der Waals surface area contributed by atoms with E-state index < -0.39 is 11.5 Å². The summed E-state index contributed by atoms with van der Waals surface area (Å²) in [5, 5.41) is 13.2. The van der Waals surface area contributed by atoms with Gasteiger partial charge in [0.05, 0.1) is 0 Å². The number of hydrogen-bond acceptors (Lipinski definition) is 3. The fourth-order valence-corrected chi connectivity index (χ4v) is 3.19. The van der Waals surface area contributed by atoms with E-state index in [4.69, 9.17) is 0 Å². The molecule has 1 aromatic rings. The van der Waals surface area contributed by atoms with E-state index in [2.05, 4.69) is 30.1 Å². The van der Waals surface area contributed by atoms with Crippen molar-refractivity contribution in [3.8, 4) is 0 Å². The average molecular weight is 290 g/mol. The quantitative estimate of drug-likeness (QED) is 0.873. The maximum absolute atomic E-state index is 12.0. The summed E-state index contributed by atoms with van der Waals surface area (Å²) in [6.45, 7) is 5.86. The Morgan fingerprint density at radius 2 is 1.86 bits per heavy atom. The molecule has 4 nitrogen and oxygen atoms in total. The molecule has 21 heavy (non-hydrogen) atoms. The molecular formula is C17H26N2O2. The van der Waals surface area contributed by atoms with E-state index in [9.17, 15) is 9.90 Å². The number of nitrogens with one attached hydrogen (secondary N) is 1. The standard InChI is InChI=1S/C17H26N2O2/c1-16(2)9-10-17(15(20)21,18-11-12-19(3)4)14-8-6-5-7-13(14)16/h5-8,18H,9-12H2,1-4H3,(H,20,21). The average Bonchev–Trinajstić information content (AvgIpc) is 2.41. The van der Waals surface area contributed by atoms with Gasteiger partial charge in [0.1, 0.15) is 5.54 Å². The SMILES string of the molecule is CN(C)CCNC1(C(=O)O)CCC(C)(C)c2ccccc21. The zero-order chi connectivity index (χ0) is 15.7. The zero-order valence-electron chi connectivity index (χ0n) is 13.4. The van der Waals surface area contributed by atoms with E-state index in [0.717, 1.165) is 24.1 Å². The smallest absolute Gasteiger partial charge is 0.328 e. The van der Waals surface area contributed by atoms with Gasteiger partial charge in [-0.05, 0) is 43.5 Å². The first-order chi connectivity index (χ1) is 9.79. The molecule has 0 aromatic heterocycles. The summed E-state index contributed by atoms with van der Waals surface area (Å²) in [5.41, 5.74) is 1.14. The van der Waals surface area contributed by atoms with Gasteiger partial charge in [-0.3, -0.25) is 5.32 Å². The molecule has 1 aromatic carbocycles. The zero-order valence-corrected chi connectivity index (χ0v) is 13.4. The highest BCUT2D eigenvalue weighted by Crippen LogP contribution is 2.44. The van der Waals surface area contributed by atoms with Crippen LogP contribution in [0.2, 0.25) is 0 Å². The molecule has 1 aliphatic rings. The summed E-state index contributed by atoms with van der Waals surface area (Å²) in [7, 11) is 3.99. The second-order valence-corrected chi connectivity index (χ2v) is 6.87. The Kier molecular flexibility index (Phi) is 4.40. The van der Waals surface area contributed by atoms with Gasteiger partial charge in [0.15, 0.2) is 0 Å². The van der Waals surface area contributed by atoms with Gasteiger partial charge in [-0.25, -0.2) is 4.79 Å². The van der Waals surface area contributed by atoms with Crippen LogP contribution in [0, 0.1) is 0 Å². The van der Waals surface area contributed by atoms with Crippen molar-refractivity contribution in [3.63, 3.8) is 0 Å². The molecule has 2 N–H and O–H groups in total. The highest BCUT2D eigenvalue weighted by molar-refractivity contribution is 5.82. The Morgan fingerprint density at radius 3 is 2.43 bits per heavy atom. The summed E-state index contributed by atoms with van der Waals surface area (Å²) in [5.74, 6) is -0.774. The van der Waals surface area contributed by atoms with Crippen LogP contribution in [0.15, 0.2) is 24.3 Å². The summed E-state index contributed by atoms with van der Waals surface area (Å²) in [4.78, 5) is 14.1. The minimum Gasteiger partial charge on any atom is -0.480 e. The van der Waals surface area contributed by atoms with Crippen molar-refractivity contribution in [2.75, 3.05) is 27.2 Å². The molecule has 1 aliphatic carbocycles. The Balaban J connectivity index is 2.40. The molecule has 0 fully saturated rings. The third-order valence-corrected chi connectivity index (χ3v) is 4.59. The Bertz CT molecular complexity index is 525. The number of carboxylic acids is 1. The second kappa shape index (κ2) is 5.78. The molecule has 1 atom stereocenters. The first kappa shape index (κ1) is 16.0. The van der Waals surface area contributed by atoms with Gasteiger partial charge in [0.2, 0.25) is 0 Å². The van der Waals surface area contributed by atoms with Crippen LogP contribution in [-0.2, 0) is 15.7 Å². The number of aliphatic carboxylic acids is 1. The number of carbonyl (C=O) groups is 1. The topological polar surface area (TPSA) is 52.6 Å². The monoisotopic (exact) mass is 290 g/mol. The maximum atomic E-state index is 12.0. The minimum absolute atomic E-state index is 0.0266. The molecule has 4 heteroatoms. The normalized spacial score (nSPS) is 23.9. The number of likely N-dealkylation sites (N-methyl/N-ethyl adjacent to an activating group) is 1. The molecule has 1 unspecified atom stereocenters. The number of rotatable bonds is 5. The van der Waals surface area contributed by atoms with Crippen molar-refractivity contribution in [1.82, 2.24) is 10.2 Å². The molecule has 0 spiro atoms. The van der Waals surface area contributed by atoms with Crippen molar-refractivity contribution in [2.45, 2.75) is 37.6 Å². The maximum Gasteiger partial charge on any atom is 0.328 e. The summed E-state index contributed by atoms with van der Waals surface area (Å²) < 4.78 is 0. The first-order valence-corrected chi connectivity index (χ1v) is 7.53. The van der Waals surface area contributed by atoms with E-state index >= 15 is 0 Å². The van der Waals surface area contributed by atoms with Crippen LogP contribution in [0.5, 0.6) is 0 Å². The van der Waals surface area contributed by atoms with Crippen LogP contribution in [0.25, 0.3) is 0 Å². The Morgan fingerprint density at radius 1 is 1.24 bits per heavy atom. The largest absolute Gasteiger partial charge is 0.480 e. The Hall–Kier alpha value is -1.39. The molecule has 2 rings (SSSR count). The van der Waals surface area contributed by atoms with Crippen LogP contribution >= 0.6 is 0 Å². The number of hydrogen-bond donors (Lipinski definition) is 2. The van der Waals surface area contributed by atoms with E-state index in [-0.39, 0.29) is 5.41 Å². The predicted molar refractivity (Wildman–Crippen MR) is 84.6 cm³/mol. The fourth-order valence-electron chi connectivity index (χ4n) is 3.19. The van der Waals surface area contributed by atoms with E-state index in [1.807, 2.05) is 32.3 Å². The highest BCUT2D eigenvalue weighted by atomic mass is 16.4. The van der Waals surface area contributed by atoms with Crippen molar-refractivity contribution in [3.05, 3.63) is 35.4 Å². The van der Waals surface area contributed by atoms with Crippen molar-refractivity contribution >= 4 is 5.97 Å². The van der Waals surface area contributed by atoms with E-state index in [1.54, 1.807) is 0 Å². The van der Waals surface area contributed by atoms with Crippen LogP contribution in [0.1, 0.15) is 37.8 Å². The molecule has 0 aliphatic heterocycles. The van der Waals surface area contributed by atoms with Crippen molar-refractivity contribution in [2.24, 2.45) is 0 Å². The van der Waals surface area contributed by atoms with Gasteiger partial charge < -0.3 is 10.0 Å². The van der Waals surface area contributed by atoms with Crippen molar-refractivity contribution in [1.29, 1.82) is 0 Å². The number of benzene rings is 1. The molecule has 0 saturated heterocycles. The van der Waals surface area contributed by atoms with Crippen molar-refractivity contribution < 1.29 is 9.90 Å². The van der Waals surface area contributed by atoms with E-state index in [0.29, 0.717) is 13.0 Å². The van der Waals surface area contributed by atoms with Gasteiger partial charge in [-0.15, -0.1) is 0 Å². The van der Waals surface area contributed by atoms with Gasteiger partial charge in [0, 0.05) is 13.1 Å². The molecular weight excluding hydrogens is 264 g/mol. The fraction of sp³-hybridized carbons (Fsp3) is 0.588.